The third-order valence-corrected chi connectivity index (χ3v) is 6.11. The molecule has 1 fully saturated rings. The van der Waals surface area contributed by atoms with Gasteiger partial charge in [-0.1, -0.05) is 30.3 Å². The van der Waals surface area contributed by atoms with Crippen molar-refractivity contribution in [1.82, 2.24) is 10.4 Å². The average molecular weight is 515 g/mol. The van der Waals surface area contributed by atoms with E-state index in [0.29, 0.717) is 55.3 Å². The zero-order chi connectivity index (χ0) is 26.5. The van der Waals surface area contributed by atoms with Crippen molar-refractivity contribution in [2.24, 2.45) is 0 Å². The van der Waals surface area contributed by atoms with Crippen LogP contribution < -0.4 is 19.5 Å². The molecule has 1 aliphatic heterocycles. The number of nitrogens with one attached hydrogen (secondary N) is 1. The molecule has 2 aromatic rings. The van der Waals surface area contributed by atoms with Gasteiger partial charge in [0.25, 0.3) is 0 Å². The molecule has 1 unspecified atom stereocenters. The molecule has 9 nitrogen and oxygen atoms in total. The average Bonchev–Trinajstić information content (AvgIpc) is 2.94. The van der Waals surface area contributed by atoms with Gasteiger partial charge in [-0.2, -0.15) is 0 Å². The third-order valence-electron chi connectivity index (χ3n) is 6.11. The van der Waals surface area contributed by atoms with E-state index in [-0.39, 0.29) is 24.8 Å². The number of amides is 2. The molecule has 0 spiro atoms. The minimum absolute atomic E-state index is 0.0342. The number of rotatable bonds is 14. The van der Waals surface area contributed by atoms with E-state index in [4.69, 9.17) is 23.8 Å². The molecule has 0 radical (unpaired) electrons. The summed E-state index contributed by atoms with van der Waals surface area (Å²) in [5.74, 6) is 1.38. The second kappa shape index (κ2) is 15.1. The van der Waals surface area contributed by atoms with Crippen molar-refractivity contribution in [3.8, 4) is 17.2 Å². The molecule has 1 atom stereocenters. The van der Waals surface area contributed by atoms with Crippen molar-refractivity contribution >= 4 is 11.8 Å². The fraction of sp³-hybridized carbons (Fsp3) is 0.500. The summed E-state index contributed by atoms with van der Waals surface area (Å²) in [6.45, 7) is 1.09. The Bertz CT molecular complexity index is 968. The molecule has 1 saturated heterocycles. The first kappa shape index (κ1) is 28.3. The highest BCUT2D eigenvalue weighted by Gasteiger charge is 2.26. The van der Waals surface area contributed by atoms with Crippen LogP contribution in [0.4, 0.5) is 0 Å². The van der Waals surface area contributed by atoms with Crippen LogP contribution in [0.3, 0.4) is 0 Å². The molecule has 1 N–H and O–H groups in total. The maximum atomic E-state index is 13.3. The van der Waals surface area contributed by atoms with Crippen LogP contribution in [-0.2, 0) is 32.1 Å². The number of carbonyl (C=O) groups excluding carboxylic acids is 2. The highest BCUT2D eigenvalue weighted by atomic mass is 16.8. The number of methoxy groups -OCH3 is 2. The number of aryl methyl sites for hydroxylation is 1. The smallest absolute Gasteiger partial charge is 0.246 e. The Morgan fingerprint density at radius 3 is 2.41 bits per heavy atom. The second-order valence-electron chi connectivity index (χ2n) is 8.75. The number of nitrogens with zero attached hydrogens (tertiary/aromatic N) is 1. The van der Waals surface area contributed by atoms with E-state index in [0.717, 1.165) is 24.8 Å². The van der Waals surface area contributed by atoms with Crippen molar-refractivity contribution in [3.63, 3.8) is 0 Å². The SMILES string of the molecule is CNC(=O)CCCOc1cc(OC)c(CN(OC2CCCCO2)C(=O)CCc2ccccc2)c(OC)c1. The fourth-order valence-electron chi connectivity index (χ4n) is 4.03. The van der Waals surface area contributed by atoms with Crippen molar-refractivity contribution in [3.05, 3.63) is 53.6 Å². The Morgan fingerprint density at radius 1 is 1.05 bits per heavy atom. The Balaban J connectivity index is 1.75. The van der Waals surface area contributed by atoms with Gasteiger partial charge < -0.3 is 24.3 Å². The van der Waals surface area contributed by atoms with Crippen LogP contribution in [0.25, 0.3) is 0 Å². The molecule has 2 amide bonds. The van der Waals surface area contributed by atoms with E-state index in [2.05, 4.69) is 5.32 Å². The van der Waals surface area contributed by atoms with Crippen LogP contribution in [-0.4, -0.2) is 57.6 Å². The maximum absolute atomic E-state index is 13.3. The van der Waals surface area contributed by atoms with E-state index < -0.39 is 6.29 Å². The largest absolute Gasteiger partial charge is 0.496 e. The van der Waals surface area contributed by atoms with Gasteiger partial charge in [-0.05, 0) is 31.2 Å². The van der Waals surface area contributed by atoms with Crippen molar-refractivity contribution in [2.45, 2.75) is 57.8 Å². The Morgan fingerprint density at radius 2 is 1.78 bits per heavy atom. The van der Waals surface area contributed by atoms with Crippen LogP contribution in [0.1, 0.15) is 49.7 Å². The minimum Gasteiger partial charge on any atom is -0.496 e. The van der Waals surface area contributed by atoms with Gasteiger partial charge in [-0.25, -0.2) is 9.90 Å². The van der Waals surface area contributed by atoms with Gasteiger partial charge in [0.05, 0.1) is 32.9 Å². The third kappa shape index (κ3) is 8.94. The summed E-state index contributed by atoms with van der Waals surface area (Å²) >= 11 is 0. The monoisotopic (exact) mass is 514 g/mol. The molecular formula is C28H38N2O7. The highest BCUT2D eigenvalue weighted by molar-refractivity contribution is 5.76. The standard InChI is InChI=1S/C28H38N2O7/c1-29-26(31)12-9-17-35-22-18-24(33-2)23(25(19-22)34-3)20-30(37-28-13-7-8-16-36-28)27(32)15-14-21-10-5-4-6-11-21/h4-6,10-11,18-19,28H,7-9,12-17,20H2,1-3H3,(H,29,31). The molecule has 1 aliphatic rings. The molecule has 37 heavy (non-hydrogen) atoms. The molecule has 0 bridgehead atoms. The molecule has 0 aliphatic carbocycles. The highest BCUT2D eigenvalue weighted by Crippen LogP contribution is 2.36. The zero-order valence-electron chi connectivity index (χ0n) is 22.0. The molecule has 202 valence electrons. The zero-order valence-corrected chi connectivity index (χ0v) is 22.0. The molecule has 9 heteroatoms. The van der Waals surface area contributed by atoms with Crippen molar-refractivity contribution in [1.29, 1.82) is 0 Å². The molecule has 0 aromatic heterocycles. The summed E-state index contributed by atoms with van der Waals surface area (Å²) in [4.78, 5) is 30.8. The summed E-state index contributed by atoms with van der Waals surface area (Å²) in [7, 11) is 4.72. The predicted molar refractivity (Wildman–Crippen MR) is 138 cm³/mol. The first-order chi connectivity index (χ1) is 18.0. The van der Waals surface area contributed by atoms with Gasteiger partial charge in [0.15, 0.2) is 6.29 Å². The first-order valence-electron chi connectivity index (χ1n) is 12.7. The van der Waals surface area contributed by atoms with Gasteiger partial charge in [0, 0.05) is 45.0 Å². The fourth-order valence-corrected chi connectivity index (χ4v) is 4.03. The molecule has 2 aromatic carbocycles. The number of hydrogen-bond donors (Lipinski definition) is 1. The summed E-state index contributed by atoms with van der Waals surface area (Å²) < 4.78 is 22.9. The van der Waals surface area contributed by atoms with Gasteiger partial charge in [-0.15, -0.1) is 0 Å². The lowest BCUT2D eigenvalue weighted by Gasteiger charge is -2.30. The topological polar surface area (TPSA) is 95.6 Å². The lowest BCUT2D eigenvalue weighted by molar-refractivity contribution is -0.283. The minimum atomic E-state index is -0.477. The van der Waals surface area contributed by atoms with Crippen molar-refractivity contribution < 1.29 is 33.4 Å². The van der Waals surface area contributed by atoms with Gasteiger partial charge in [0.2, 0.25) is 11.8 Å². The maximum Gasteiger partial charge on any atom is 0.246 e. The van der Waals surface area contributed by atoms with Crippen LogP contribution >= 0.6 is 0 Å². The van der Waals surface area contributed by atoms with Crippen molar-refractivity contribution in [2.75, 3.05) is 34.5 Å². The summed E-state index contributed by atoms with van der Waals surface area (Å²) in [5.41, 5.74) is 1.74. The molecule has 1 heterocycles. The van der Waals surface area contributed by atoms with E-state index >= 15 is 0 Å². The number of benzene rings is 2. The molecular weight excluding hydrogens is 476 g/mol. The normalized spacial score (nSPS) is 15.1. The van der Waals surface area contributed by atoms with Crippen LogP contribution in [0.2, 0.25) is 0 Å². The lowest BCUT2D eigenvalue weighted by Crippen LogP contribution is -2.37. The Kier molecular flexibility index (Phi) is 11.5. The lowest BCUT2D eigenvalue weighted by atomic mass is 10.1. The van der Waals surface area contributed by atoms with Crippen LogP contribution in [0.15, 0.2) is 42.5 Å². The molecule has 3 rings (SSSR count). The number of hydrogen-bond acceptors (Lipinski definition) is 7. The number of hydroxylamine groups is 2. The summed E-state index contributed by atoms with van der Waals surface area (Å²) in [5, 5.41) is 3.96. The second-order valence-corrected chi connectivity index (χ2v) is 8.75. The van der Waals surface area contributed by atoms with E-state index in [1.54, 1.807) is 33.4 Å². The summed E-state index contributed by atoms with van der Waals surface area (Å²) in [6.07, 6.45) is 4.04. The van der Waals surface area contributed by atoms with Gasteiger partial charge >= 0.3 is 0 Å². The molecule has 0 saturated carbocycles. The number of carbonyl (C=O) groups is 2. The van der Waals surface area contributed by atoms with E-state index in [1.807, 2.05) is 30.3 Å². The first-order valence-corrected chi connectivity index (χ1v) is 12.7. The Hall–Kier alpha value is -3.30. The van der Waals surface area contributed by atoms with Gasteiger partial charge in [-0.3, -0.25) is 9.59 Å². The predicted octanol–water partition coefficient (Wildman–Crippen LogP) is 4.03. The van der Waals surface area contributed by atoms with E-state index in [9.17, 15) is 9.59 Å². The van der Waals surface area contributed by atoms with Gasteiger partial charge in [0.1, 0.15) is 17.2 Å². The quantitative estimate of drug-likeness (QED) is 0.300. The Labute approximate surface area is 218 Å². The number of ether oxygens (including phenoxy) is 4. The van der Waals surface area contributed by atoms with Crippen LogP contribution in [0.5, 0.6) is 17.2 Å². The summed E-state index contributed by atoms with van der Waals surface area (Å²) in [6, 6.07) is 13.4. The van der Waals surface area contributed by atoms with E-state index in [1.165, 1.54) is 5.06 Å². The van der Waals surface area contributed by atoms with Crippen LogP contribution in [0, 0.1) is 0 Å².